The van der Waals surface area contributed by atoms with Crippen LogP contribution in [0.5, 0.6) is 0 Å². The molecule has 0 aromatic carbocycles. The van der Waals surface area contributed by atoms with Crippen LogP contribution in [0, 0.1) is 30.1 Å². The molecular formula is C7H9. The van der Waals surface area contributed by atoms with Crippen LogP contribution in [0.4, 0.5) is 0 Å². The van der Waals surface area contributed by atoms with Gasteiger partial charge in [0.1, 0.15) is 0 Å². The van der Waals surface area contributed by atoms with Gasteiger partial charge in [-0.3, -0.25) is 0 Å². The van der Waals surface area contributed by atoms with Gasteiger partial charge in [-0.1, -0.05) is 0 Å². The van der Waals surface area contributed by atoms with Gasteiger partial charge in [-0.05, 0) is 42.9 Å². The first-order valence-electron chi connectivity index (χ1n) is 3.30. The van der Waals surface area contributed by atoms with Crippen LogP contribution in [0.25, 0.3) is 0 Å². The molecule has 0 saturated heterocycles. The van der Waals surface area contributed by atoms with E-state index in [0.29, 0.717) is 0 Å². The van der Waals surface area contributed by atoms with E-state index in [1.165, 1.54) is 11.8 Å². The van der Waals surface area contributed by atoms with Crippen molar-refractivity contribution >= 4 is 0 Å². The number of hydrogen-bond donors (Lipinski definition) is 0. The predicted molar refractivity (Wildman–Crippen MR) is 27.5 cm³/mol. The van der Waals surface area contributed by atoms with Crippen molar-refractivity contribution < 1.29 is 0 Å². The van der Waals surface area contributed by atoms with E-state index in [9.17, 15) is 0 Å². The molecule has 0 heteroatoms. The minimum atomic E-state index is 1.08. The van der Waals surface area contributed by atoms with Crippen molar-refractivity contribution in [2.75, 3.05) is 0 Å². The Morgan fingerprint density at radius 2 is 1.86 bits per heavy atom. The molecule has 0 amide bonds. The van der Waals surface area contributed by atoms with Gasteiger partial charge in [-0.25, -0.2) is 0 Å². The molecule has 0 aromatic rings. The molecule has 2 atom stereocenters. The van der Waals surface area contributed by atoms with Crippen molar-refractivity contribution in [1.82, 2.24) is 0 Å². The summed E-state index contributed by atoms with van der Waals surface area (Å²) < 4.78 is 0. The highest BCUT2D eigenvalue weighted by Crippen LogP contribution is 2.69. The zero-order chi connectivity index (χ0) is 4.43. The molecule has 4 fully saturated rings. The fourth-order valence-corrected chi connectivity index (χ4v) is 2.69. The van der Waals surface area contributed by atoms with E-state index < -0.39 is 0 Å². The molecule has 4 saturated carbocycles. The van der Waals surface area contributed by atoms with E-state index in [0.717, 1.165) is 11.8 Å². The molecule has 37 valence electrons. The Morgan fingerprint density at radius 3 is 2.00 bits per heavy atom. The minimum Gasteiger partial charge on any atom is -0.0467 e. The lowest BCUT2D eigenvalue weighted by molar-refractivity contribution is 0.668. The van der Waals surface area contributed by atoms with Gasteiger partial charge >= 0.3 is 0 Å². The van der Waals surface area contributed by atoms with Crippen LogP contribution in [0.3, 0.4) is 0 Å². The second-order valence-electron chi connectivity index (χ2n) is 3.33. The van der Waals surface area contributed by atoms with Crippen molar-refractivity contribution in [3.8, 4) is 0 Å². The summed E-state index contributed by atoms with van der Waals surface area (Å²) in [6.07, 6.45) is 5.72. The highest BCUT2D eigenvalue weighted by molar-refractivity contribution is 5.20. The summed E-state index contributed by atoms with van der Waals surface area (Å²) in [7, 11) is 0. The predicted octanol–water partition coefficient (Wildman–Crippen LogP) is 1.48. The van der Waals surface area contributed by atoms with Crippen LogP contribution in [0.15, 0.2) is 0 Å². The monoisotopic (exact) mass is 93.1 g/mol. The van der Waals surface area contributed by atoms with Gasteiger partial charge in [0.2, 0.25) is 0 Å². The first-order valence-corrected chi connectivity index (χ1v) is 3.30. The lowest BCUT2D eigenvalue weighted by Crippen LogP contribution is -1.80. The van der Waals surface area contributed by atoms with Crippen molar-refractivity contribution in [3.63, 3.8) is 0 Å². The summed E-state index contributed by atoms with van der Waals surface area (Å²) in [6, 6.07) is 0. The number of rotatable bonds is 0. The molecule has 0 spiro atoms. The van der Waals surface area contributed by atoms with Crippen molar-refractivity contribution in [2.45, 2.75) is 12.8 Å². The molecular weight excluding hydrogens is 84.1 g/mol. The average Bonchev–Trinajstić information content (AvgIpc) is 2.10. The van der Waals surface area contributed by atoms with Gasteiger partial charge in [-0.15, -0.1) is 0 Å². The molecule has 4 aliphatic carbocycles. The molecule has 4 rings (SSSR count). The lowest BCUT2D eigenvalue weighted by Gasteiger charge is -1.90. The Balaban J connectivity index is 2.17. The fraction of sp³-hybridized carbons (Fsp3) is 0.857. The Bertz CT molecular complexity index is 87.4. The maximum Gasteiger partial charge on any atom is -0.0318 e. The molecule has 7 heavy (non-hydrogen) atoms. The van der Waals surface area contributed by atoms with Gasteiger partial charge in [0.05, 0.1) is 0 Å². The Morgan fingerprint density at radius 1 is 1.14 bits per heavy atom. The topological polar surface area (TPSA) is 0 Å². The molecule has 0 aliphatic heterocycles. The van der Waals surface area contributed by atoms with E-state index in [2.05, 4.69) is 6.42 Å². The smallest absolute Gasteiger partial charge is 0.0318 e. The third-order valence-electron chi connectivity index (χ3n) is 3.04. The Labute approximate surface area is 43.9 Å². The summed E-state index contributed by atoms with van der Waals surface area (Å²) in [5.74, 6) is 4.61. The molecule has 1 radical (unpaired) electrons. The quantitative estimate of drug-likeness (QED) is 0.425. The van der Waals surface area contributed by atoms with Crippen molar-refractivity contribution in [3.05, 3.63) is 6.42 Å². The second kappa shape index (κ2) is 0.667. The van der Waals surface area contributed by atoms with Crippen molar-refractivity contribution in [1.29, 1.82) is 0 Å². The standard InChI is InChI=1S/C7H9/c1-4-2-6-5(1)7(6)3-4/h1,4-7H,2-3H2. The summed E-state index contributed by atoms with van der Waals surface area (Å²) in [6.45, 7) is 0. The Hall–Kier alpha value is 0. The SMILES string of the molecule is [CH]1C2CC3C1C3C2. The Kier molecular flexibility index (Phi) is 0.296. The molecule has 0 heterocycles. The van der Waals surface area contributed by atoms with E-state index in [1.54, 1.807) is 12.8 Å². The molecule has 4 bridgehead atoms. The summed E-state index contributed by atoms with van der Waals surface area (Å²) >= 11 is 0. The second-order valence-corrected chi connectivity index (χ2v) is 3.33. The largest absolute Gasteiger partial charge is 0.0467 e. The molecule has 4 aliphatic rings. The maximum atomic E-state index is 2.59. The third-order valence-corrected chi connectivity index (χ3v) is 3.04. The fourth-order valence-electron chi connectivity index (χ4n) is 2.69. The van der Waals surface area contributed by atoms with Crippen molar-refractivity contribution in [2.24, 2.45) is 23.7 Å². The summed E-state index contributed by atoms with van der Waals surface area (Å²) in [5, 5.41) is 0. The van der Waals surface area contributed by atoms with E-state index in [-0.39, 0.29) is 0 Å². The summed E-state index contributed by atoms with van der Waals surface area (Å²) in [5.41, 5.74) is 0. The molecule has 0 N–H and O–H groups in total. The maximum absolute atomic E-state index is 2.59. The molecule has 2 unspecified atom stereocenters. The van der Waals surface area contributed by atoms with Gasteiger partial charge in [-0.2, -0.15) is 0 Å². The molecule has 0 aromatic heterocycles. The zero-order valence-corrected chi connectivity index (χ0v) is 4.30. The third kappa shape index (κ3) is 0.198. The highest BCUT2D eigenvalue weighted by atomic mass is 14.7. The van der Waals surface area contributed by atoms with Crippen LogP contribution in [0.2, 0.25) is 0 Å². The first kappa shape index (κ1) is 3.11. The van der Waals surface area contributed by atoms with Gasteiger partial charge in [0.15, 0.2) is 0 Å². The van der Waals surface area contributed by atoms with E-state index in [1.807, 2.05) is 0 Å². The number of hydrogen-bond acceptors (Lipinski definition) is 0. The van der Waals surface area contributed by atoms with Gasteiger partial charge in [0.25, 0.3) is 0 Å². The normalized spacial score (nSPS) is 72.0. The molecule has 0 nitrogen and oxygen atoms in total. The highest BCUT2D eigenvalue weighted by Gasteiger charge is 2.62. The average molecular weight is 93.1 g/mol. The summed E-state index contributed by atoms with van der Waals surface area (Å²) in [4.78, 5) is 0. The van der Waals surface area contributed by atoms with Crippen LogP contribution in [0.1, 0.15) is 12.8 Å². The van der Waals surface area contributed by atoms with Gasteiger partial charge < -0.3 is 0 Å². The first-order chi connectivity index (χ1) is 3.45. The van der Waals surface area contributed by atoms with Crippen LogP contribution in [-0.2, 0) is 0 Å². The lowest BCUT2D eigenvalue weighted by atomic mass is 10.1. The zero-order valence-electron chi connectivity index (χ0n) is 4.30. The van der Waals surface area contributed by atoms with Crippen LogP contribution in [-0.4, -0.2) is 0 Å². The minimum absolute atomic E-state index is 1.08. The van der Waals surface area contributed by atoms with Crippen LogP contribution < -0.4 is 0 Å². The van der Waals surface area contributed by atoms with Crippen LogP contribution >= 0.6 is 0 Å². The van der Waals surface area contributed by atoms with E-state index in [4.69, 9.17) is 0 Å². The van der Waals surface area contributed by atoms with E-state index >= 15 is 0 Å². The van der Waals surface area contributed by atoms with Gasteiger partial charge in [0, 0.05) is 0 Å².